The van der Waals surface area contributed by atoms with Crippen LogP contribution in [0.5, 0.6) is 0 Å². The van der Waals surface area contributed by atoms with E-state index in [2.05, 4.69) is 5.10 Å². The Morgan fingerprint density at radius 2 is 2.15 bits per heavy atom. The van der Waals surface area contributed by atoms with Crippen molar-refractivity contribution in [2.45, 2.75) is 18.6 Å². The summed E-state index contributed by atoms with van der Waals surface area (Å²) in [5.41, 5.74) is 7.21. The summed E-state index contributed by atoms with van der Waals surface area (Å²) in [6.07, 6.45) is -0.0232. The van der Waals surface area contributed by atoms with Crippen LogP contribution in [0.1, 0.15) is 16.9 Å². The van der Waals surface area contributed by atoms with Gasteiger partial charge in [0.15, 0.2) is 5.69 Å². The zero-order valence-corrected chi connectivity index (χ0v) is 11.4. The maximum Gasteiger partial charge on any atom is 0.275 e. The second-order valence-electron chi connectivity index (χ2n) is 5.35. The van der Waals surface area contributed by atoms with E-state index in [0.717, 1.165) is 10.9 Å². The lowest BCUT2D eigenvalue weighted by Gasteiger charge is -2.33. The highest BCUT2D eigenvalue weighted by molar-refractivity contribution is 6.04. The molecule has 2 atom stereocenters. The van der Waals surface area contributed by atoms with Gasteiger partial charge in [0.1, 0.15) is 0 Å². The van der Waals surface area contributed by atoms with E-state index < -0.39 is 6.10 Å². The molecule has 0 spiro atoms. The fraction of sp³-hybridized carbons (Fsp3) is 0.429. The first-order chi connectivity index (χ1) is 9.56. The van der Waals surface area contributed by atoms with Gasteiger partial charge in [0.25, 0.3) is 5.91 Å². The van der Waals surface area contributed by atoms with E-state index >= 15 is 0 Å². The highest BCUT2D eigenvalue weighted by atomic mass is 16.3. The predicted molar refractivity (Wildman–Crippen MR) is 75.2 cm³/mol. The molecule has 0 saturated carbocycles. The predicted octanol–water partition coefficient (Wildman–Crippen LogP) is 0.107. The molecular weight excluding hydrogens is 256 g/mol. The minimum absolute atomic E-state index is 0.170. The Labute approximate surface area is 116 Å². The van der Waals surface area contributed by atoms with E-state index in [1.807, 2.05) is 31.3 Å². The van der Waals surface area contributed by atoms with Crippen molar-refractivity contribution in [2.75, 3.05) is 13.1 Å². The third-order valence-electron chi connectivity index (χ3n) is 3.71. The molecular formula is C14H18N4O2. The average molecular weight is 274 g/mol. The number of rotatable bonds is 1. The number of para-hydroxylation sites is 1. The number of aryl methyl sites for hydroxylation is 1. The molecule has 106 valence electrons. The van der Waals surface area contributed by atoms with Gasteiger partial charge in [0.2, 0.25) is 0 Å². The number of piperidine rings is 1. The highest BCUT2D eigenvalue weighted by Gasteiger charge is 2.29. The number of fused-ring (bicyclic) bond motifs is 1. The monoisotopic (exact) mass is 274 g/mol. The normalized spacial score (nSPS) is 23.2. The molecule has 0 radical (unpaired) electrons. The quantitative estimate of drug-likeness (QED) is 0.773. The van der Waals surface area contributed by atoms with Crippen LogP contribution in [-0.4, -0.2) is 50.9 Å². The summed E-state index contributed by atoms with van der Waals surface area (Å²) in [5, 5.41) is 14.9. The second kappa shape index (κ2) is 4.88. The molecule has 0 bridgehead atoms. The lowest BCUT2D eigenvalue weighted by atomic mass is 10.0. The number of carbonyl (C=O) groups is 1. The van der Waals surface area contributed by atoms with Gasteiger partial charge >= 0.3 is 0 Å². The smallest absolute Gasteiger partial charge is 0.275 e. The van der Waals surface area contributed by atoms with Crippen LogP contribution in [0.4, 0.5) is 0 Å². The van der Waals surface area contributed by atoms with Crippen molar-refractivity contribution >= 4 is 16.8 Å². The van der Waals surface area contributed by atoms with Crippen LogP contribution in [0.3, 0.4) is 0 Å². The van der Waals surface area contributed by atoms with Crippen LogP contribution >= 0.6 is 0 Å². The number of likely N-dealkylation sites (tertiary alicyclic amines) is 1. The maximum absolute atomic E-state index is 12.6. The van der Waals surface area contributed by atoms with Crippen molar-refractivity contribution in [2.24, 2.45) is 12.8 Å². The number of benzene rings is 1. The first-order valence-corrected chi connectivity index (χ1v) is 6.71. The number of hydrogen-bond acceptors (Lipinski definition) is 4. The van der Waals surface area contributed by atoms with Crippen LogP contribution in [0.15, 0.2) is 24.3 Å². The van der Waals surface area contributed by atoms with Gasteiger partial charge in [-0.25, -0.2) is 0 Å². The molecule has 0 aliphatic carbocycles. The Morgan fingerprint density at radius 3 is 2.90 bits per heavy atom. The zero-order chi connectivity index (χ0) is 14.3. The topological polar surface area (TPSA) is 84.4 Å². The third-order valence-corrected chi connectivity index (χ3v) is 3.71. The van der Waals surface area contributed by atoms with Crippen molar-refractivity contribution in [1.82, 2.24) is 14.7 Å². The van der Waals surface area contributed by atoms with Gasteiger partial charge in [-0.15, -0.1) is 0 Å². The molecule has 6 heteroatoms. The van der Waals surface area contributed by atoms with E-state index in [0.29, 0.717) is 25.2 Å². The summed E-state index contributed by atoms with van der Waals surface area (Å²) in [4.78, 5) is 14.2. The molecule has 1 aliphatic heterocycles. The Morgan fingerprint density at radius 1 is 1.40 bits per heavy atom. The van der Waals surface area contributed by atoms with Crippen molar-refractivity contribution in [1.29, 1.82) is 0 Å². The number of aromatic nitrogens is 2. The number of β-amino-alcohol motifs (C(OH)–C–C–N with tert-alkyl or cyclic N) is 1. The Kier molecular flexibility index (Phi) is 3.19. The van der Waals surface area contributed by atoms with Crippen LogP contribution in [0, 0.1) is 0 Å². The maximum atomic E-state index is 12.6. The molecule has 1 aromatic carbocycles. The standard InChI is InChI=1S/C14H18N4O2/c1-17-12-5-3-2-4-11(12)13(16-17)14(20)18-7-9(15)6-10(19)8-18/h2-5,9-10,19H,6-8,15H2,1H3/t9-,10+/m0/s1. The van der Waals surface area contributed by atoms with E-state index in [9.17, 15) is 9.90 Å². The molecule has 20 heavy (non-hydrogen) atoms. The molecule has 1 amide bonds. The average Bonchev–Trinajstić information content (AvgIpc) is 2.75. The molecule has 1 saturated heterocycles. The first kappa shape index (κ1) is 13.1. The summed E-state index contributed by atoms with van der Waals surface area (Å²) in [5.74, 6) is -0.170. The van der Waals surface area contributed by atoms with E-state index in [1.54, 1.807) is 9.58 Å². The van der Waals surface area contributed by atoms with E-state index in [4.69, 9.17) is 5.73 Å². The summed E-state index contributed by atoms with van der Waals surface area (Å²) >= 11 is 0. The Bertz CT molecular complexity index is 642. The summed E-state index contributed by atoms with van der Waals surface area (Å²) in [6, 6.07) is 7.43. The van der Waals surface area contributed by atoms with Crippen LogP contribution in [-0.2, 0) is 7.05 Å². The van der Waals surface area contributed by atoms with Crippen LogP contribution in [0.2, 0.25) is 0 Å². The number of hydrogen-bond donors (Lipinski definition) is 2. The Balaban J connectivity index is 1.96. The SMILES string of the molecule is Cn1nc(C(=O)N2C[C@@H](N)C[C@@H](O)C2)c2ccccc21. The molecule has 3 N–H and O–H groups in total. The van der Waals surface area contributed by atoms with Gasteiger partial charge in [-0.2, -0.15) is 5.10 Å². The molecule has 6 nitrogen and oxygen atoms in total. The summed E-state index contributed by atoms with van der Waals surface area (Å²) in [7, 11) is 1.82. The van der Waals surface area contributed by atoms with Gasteiger partial charge in [-0.3, -0.25) is 9.48 Å². The molecule has 1 aliphatic rings. The highest BCUT2D eigenvalue weighted by Crippen LogP contribution is 2.20. The van der Waals surface area contributed by atoms with Gasteiger partial charge in [-0.05, 0) is 12.5 Å². The van der Waals surface area contributed by atoms with Gasteiger partial charge in [0.05, 0.1) is 11.6 Å². The van der Waals surface area contributed by atoms with Crippen molar-refractivity contribution in [3.05, 3.63) is 30.0 Å². The molecule has 1 fully saturated rings. The third kappa shape index (κ3) is 2.17. The van der Waals surface area contributed by atoms with Crippen LogP contribution in [0.25, 0.3) is 10.9 Å². The van der Waals surface area contributed by atoms with Gasteiger partial charge in [-0.1, -0.05) is 18.2 Å². The Hall–Kier alpha value is -1.92. The number of aliphatic hydroxyl groups excluding tert-OH is 1. The summed E-state index contributed by atoms with van der Waals surface area (Å²) < 4.78 is 1.70. The largest absolute Gasteiger partial charge is 0.391 e. The van der Waals surface area contributed by atoms with Gasteiger partial charge in [0, 0.05) is 31.6 Å². The fourth-order valence-corrected chi connectivity index (χ4v) is 2.80. The number of aliphatic hydroxyl groups is 1. The number of carbonyl (C=O) groups excluding carboxylic acids is 1. The van der Waals surface area contributed by atoms with Gasteiger partial charge < -0.3 is 15.7 Å². The molecule has 3 rings (SSSR count). The van der Waals surface area contributed by atoms with Crippen molar-refractivity contribution in [3.8, 4) is 0 Å². The molecule has 2 aromatic rings. The molecule has 1 aromatic heterocycles. The van der Waals surface area contributed by atoms with Crippen LogP contribution < -0.4 is 5.73 Å². The molecule has 2 heterocycles. The lowest BCUT2D eigenvalue weighted by Crippen LogP contribution is -2.51. The minimum atomic E-state index is -0.558. The number of amides is 1. The lowest BCUT2D eigenvalue weighted by molar-refractivity contribution is 0.0420. The van der Waals surface area contributed by atoms with E-state index in [1.165, 1.54) is 0 Å². The zero-order valence-electron chi connectivity index (χ0n) is 11.4. The van der Waals surface area contributed by atoms with Crippen molar-refractivity contribution < 1.29 is 9.90 Å². The number of nitrogens with two attached hydrogens (primary N) is 1. The minimum Gasteiger partial charge on any atom is -0.391 e. The van der Waals surface area contributed by atoms with Crippen molar-refractivity contribution in [3.63, 3.8) is 0 Å². The fourth-order valence-electron chi connectivity index (χ4n) is 2.80. The first-order valence-electron chi connectivity index (χ1n) is 6.71. The molecule has 0 unspecified atom stereocenters. The second-order valence-corrected chi connectivity index (χ2v) is 5.35. The number of nitrogens with zero attached hydrogens (tertiary/aromatic N) is 3. The van der Waals surface area contributed by atoms with E-state index in [-0.39, 0.29) is 11.9 Å². The summed E-state index contributed by atoms with van der Waals surface area (Å²) in [6.45, 7) is 0.776.